The van der Waals surface area contributed by atoms with E-state index in [9.17, 15) is 9.59 Å². The first-order valence-corrected chi connectivity index (χ1v) is 11.0. The van der Waals surface area contributed by atoms with E-state index in [1.165, 1.54) is 11.8 Å². The van der Waals surface area contributed by atoms with E-state index in [1.54, 1.807) is 4.57 Å². The summed E-state index contributed by atoms with van der Waals surface area (Å²) in [6, 6.07) is 9.64. The molecule has 3 rings (SSSR count). The maximum Gasteiger partial charge on any atom is 0.278 e. The van der Waals surface area contributed by atoms with Crippen LogP contribution in [0.2, 0.25) is 0 Å². The average molecular weight is 463 g/mol. The van der Waals surface area contributed by atoms with Crippen molar-refractivity contribution in [3.63, 3.8) is 0 Å². The second-order valence-electron chi connectivity index (χ2n) is 6.57. The van der Waals surface area contributed by atoms with E-state index >= 15 is 0 Å². The van der Waals surface area contributed by atoms with Crippen molar-refractivity contribution in [1.82, 2.24) is 19.9 Å². The van der Waals surface area contributed by atoms with Gasteiger partial charge in [-0.1, -0.05) is 59.2 Å². The predicted molar refractivity (Wildman–Crippen MR) is 117 cm³/mol. The van der Waals surface area contributed by atoms with Gasteiger partial charge < -0.3 is 10.3 Å². The number of amides is 1. The molecule has 2 heterocycles. The largest absolute Gasteiger partial charge is 0.353 e. The molecule has 1 aromatic carbocycles. The lowest BCUT2D eigenvalue weighted by atomic mass is 10.2. The van der Waals surface area contributed by atoms with Gasteiger partial charge in [0.2, 0.25) is 5.91 Å². The molecular weight excluding hydrogens is 440 g/mol. The molecule has 2 aromatic heterocycles. The molecule has 0 saturated carbocycles. The van der Waals surface area contributed by atoms with Crippen molar-refractivity contribution in [2.75, 3.05) is 5.75 Å². The molecule has 0 bridgehead atoms. The molecule has 6 nitrogen and oxygen atoms in total. The van der Waals surface area contributed by atoms with Gasteiger partial charge in [0.1, 0.15) is 5.52 Å². The number of thioether (sulfide) groups is 1. The lowest BCUT2D eigenvalue weighted by Crippen LogP contribution is -2.27. The van der Waals surface area contributed by atoms with Crippen molar-refractivity contribution in [3.05, 3.63) is 56.4 Å². The molecule has 2 N–H and O–H groups in total. The molecular formula is C20H23BrN4O2S. The Labute approximate surface area is 176 Å². The Morgan fingerprint density at radius 1 is 1.36 bits per heavy atom. The summed E-state index contributed by atoms with van der Waals surface area (Å²) in [5, 5.41) is 3.50. The number of aromatic nitrogens is 3. The summed E-state index contributed by atoms with van der Waals surface area (Å²) < 4.78 is 2.64. The maximum atomic E-state index is 12.8. The molecule has 0 unspecified atom stereocenters. The number of nitrogens with zero attached hydrogens (tertiary/aromatic N) is 2. The number of aryl methyl sites for hydroxylation is 1. The fraction of sp³-hybridized carbons (Fsp3) is 0.350. The highest BCUT2D eigenvalue weighted by Crippen LogP contribution is 2.19. The smallest absolute Gasteiger partial charge is 0.278 e. The summed E-state index contributed by atoms with van der Waals surface area (Å²) in [6.07, 6.45) is 1.86. The maximum absolute atomic E-state index is 12.8. The number of fused-ring (bicyclic) bond motifs is 1. The zero-order chi connectivity index (χ0) is 20.1. The van der Waals surface area contributed by atoms with Crippen molar-refractivity contribution >= 4 is 44.6 Å². The van der Waals surface area contributed by atoms with Crippen LogP contribution in [0.25, 0.3) is 11.0 Å². The topological polar surface area (TPSA) is 79.8 Å². The Hall–Kier alpha value is -2.06. The number of carbonyl (C=O) groups is 1. The third-order valence-corrected chi connectivity index (χ3v) is 6.09. The molecule has 0 fully saturated rings. The van der Waals surface area contributed by atoms with Crippen LogP contribution >= 0.6 is 27.7 Å². The number of H-pyrrole nitrogens is 1. The van der Waals surface area contributed by atoms with Gasteiger partial charge >= 0.3 is 0 Å². The Balaban J connectivity index is 1.72. The number of halogens is 1. The minimum Gasteiger partial charge on any atom is -0.353 e. The van der Waals surface area contributed by atoms with Crippen LogP contribution < -0.4 is 10.9 Å². The number of aromatic amines is 1. The van der Waals surface area contributed by atoms with E-state index < -0.39 is 0 Å². The van der Waals surface area contributed by atoms with Gasteiger partial charge in [-0.2, -0.15) is 0 Å². The number of carbonyl (C=O) groups excluding carboxylic acids is 1. The van der Waals surface area contributed by atoms with Crippen molar-refractivity contribution in [2.45, 2.75) is 44.9 Å². The molecule has 148 valence electrons. The summed E-state index contributed by atoms with van der Waals surface area (Å²) in [4.78, 5) is 32.9. The average Bonchev–Trinajstić information content (AvgIpc) is 3.05. The van der Waals surface area contributed by atoms with Gasteiger partial charge in [-0.15, -0.1) is 0 Å². The number of nitrogens with one attached hydrogen (secondary N) is 2. The molecule has 3 aromatic rings. The normalized spacial score (nSPS) is 11.1. The Morgan fingerprint density at radius 3 is 2.89 bits per heavy atom. The lowest BCUT2D eigenvalue weighted by molar-refractivity contribution is -0.118. The van der Waals surface area contributed by atoms with E-state index in [0.717, 1.165) is 28.6 Å². The first-order chi connectivity index (χ1) is 13.5. The van der Waals surface area contributed by atoms with E-state index in [0.29, 0.717) is 29.3 Å². The van der Waals surface area contributed by atoms with E-state index in [1.807, 2.05) is 37.3 Å². The number of hydrogen-bond donors (Lipinski definition) is 2. The standard InChI is InChI=1S/C20H23BrN4O2S/c1-3-4-9-25-19(27)18-16(10-13(2)23-18)24-20(25)28-12-17(26)22-11-14-7-5-6-8-15(14)21/h5-8,10,23H,3-4,9,11-12H2,1-2H3,(H,22,26). The number of rotatable bonds is 8. The first-order valence-electron chi connectivity index (χ1n) is 9.22. The van der Waals surface area contributed by atoms with Gasteiger partial charge in [0.25, 0.3) is 5.56 Å². The van der Waals surface area contributed by atoms with Gasteiger partial charge in [-0.05, 0) is 31.0 Å². The summed E-state index contributed by atoms with van der Waals surface area (Å²) in [6.45, 7) is 5.03. The van der Waals surface area contributed by atoms with Crippen LogP contribution in [0.1, 0.15) is 31.0 Å². The minimum absolute atomic E-state index is 0.0809. The molecule has 0 radical (unpaired) electrons. The zero-order valence-electron chi connectivity index (χ0n) is 15.9. The van der Waals surface area contributed by atoms with E-state index in [-0.39, 0.29) is 17.2 Å². The molecule has 0 aliphatic heterocycles. The van der Waals surface area contributed by atoms with Crippen molar-refractivity contribution in [2.24, 2.45) is 0 Å². The van der Waals surface area contributed by atoms with Gasteiger partial charge in [0.15, 0.2) is 5.16 Å². The first kappa shape index (κ1) is 20.7. The monoisotopic (exact) mass is 462 g/mol. The van der Waals surface area contributed by atoms with Crippen LogP contribution in [0.3, 0.4) is 0 Å². The predicted octanol–water partition coefficient (Wildman–Crippen LogP) is 4.00. The number of benzene rings is 1. The van der Waals surface area contributed by atoms with Crippen molar-refractivity contribution in [1.29, 1.82) is 0 Å². The quantitative estimate of drug-likeness (QED) is 0.391. The molecule has 1 amide bonds. The highest BCUT2D eigenvalue weighted by Gasteiger charge is 2.14. The van der Waals surface area contributed by atoms with Crippen molar-refractivity contribution < 1.29 is 4.79 Å². The zero-order valence-corrected chi connectivity index (χ0v) is 18.3. The van der Waals surface area contributed by atoms with Gasteiger partial charge in [-0.3, -0.25) is 14.2 Å². The SMILES string of the molecule is CCCCn1c(SCC(=O)NCc2ccccc2Br)nc2cc(C)[nH]c2c1=O. The van der Waals surface area contributed by atoms with Crippen LogP contribution in [0.4, 0.5) is 0 Å². The Kier molecular flexibility index (Phi) is 6.96. The van der Waals surface area contributed by atoms with Crippen LogP contribution in [0.5, 0.6) is 0 Å². The summed E-state index contributed by atoms with van der Waals surface area (Å²) in [5.41, 5.74) is 3.00. The Morgan fingerprint density at radius 2 is 2.14 bits per heavy atom. The Bertz CT molecular complexity index is 1040. The number of unbranched alkanes of at least 4 members (excludes halogenated alkanes) is 1. The summed E-state index contributed by atoms with van der Waals surface area (Å²) >= 11 is 4.78. The molecule has 0 aliphatic carbocycles. The highest BCUT2D eigenvalue weighted by molar-refractivity contribution is 9.10. The fourth-order valence-electron chi connectivity index (χ4n) is 2.85. The summed E-state index contributed by atoms with van der Waals surface area (Å²) in [7, 11) is 0. The molecule has 0 aliphatic rings. The van der Waals surface area contributed by atoms with E-state index in [2.05, 4.69) is 38.1 Å². The molecule has 0 saturated heterocycles. The third kappa shape index (κ3) is 4.86. The lowest BCUT2D eigenvalue weighted by Gasteiger charge is -2.12. The molecule has 8 heteroatoms. The summed E-state index contributed by atoms with van der Waals surface area (Å²) in [5.74, 6) is 0.111. The van der Waals surface area contributed by atoms with Crippen molar-refractivity contribution in [3.8, 4) is 0 Å². The second-order valence-corrected chi connectivity index (χ2v) is 8.37. The van der Waals surface area contributed by atoms with Crippen LogP contribution in [-0.2, 0) is 17.9 Å². The van der Waals surface area contributed by atoms with Crippen LogP contribution in [-0.4, -0.2) is 26.2 Å². The highest BCUT2D eigenvalue weighted by atomic mass is 79.9. The molecule has 28 heavy (non-hydrogen) atoms. The van der Waals surface area contributed by atoms with Gasteiger partial charge in [0.05, 0.1) is 11.3 Å². The number of hydrogen-bond acceptors (Lipinski definition) is 4. The molecule has 0 atom stereocenters. The van der Waals surface area contributed by atoms with Crippen LogP contribution in [0, 0.1) is 6.92 Å². The van der Waals surface area contributed by atoms with Gasteiger partial charge in [-0.25, -0.2) is 4.98 Å². The van der Waals surface area contributed by atoms with Gasteiger partial charge in [0, 0.05) is 23.3 Å². The molecule has 0 spiro atoms. The third-order valence-electron chi connectivity index (χ3n) is 4.34. The second kappa shape index (κ2) is 9.43. The van der Waals surface area contributed by atoms with E-state index in [4.69, 9.17) is 0 Å². The van der Waals surface area contributed by atoms with Crippen LogP contribution in [0.15, 0.2) is 44.8 Å². The minimum atomic E-state index is -0.0950. The fourth-order valence-corrected chi connectivity index (χ4v) is 4.13.